The minimum absolute atomic E-state index is 0.00797. The number of nitrogens with zero attached hydrogens (tertiary/aromatic N) is 4. The number of piperazine rings is 1. The van der Waals surface area contributed by atoms with Gasteiger partial charge in [-0.05, 0) is 29.2 Å². The first-order valence-corrected chi connectivity index (χ1v) is 13.6. The fourth-order valence-corrected chi connectivity index (χ4v) is 5.51. The molecular weight excluding hydrogens is 502 g/mol. The van der Waals surface area contributed by atoms with Gasteiger partial charge in [0.15, 0.2) is 0 Å². The van der Waals surface area contributed by atoms with Crippen LogP contribution < -0.4 is 5.32 Å². The molecule has 0 bridgehead atoms. The lowest BCUT2D eigenvalue weighted by molar-refractivity contribution is -0.157. The summed E-state index contributed by atoms with van der Waals surface area (Å²) < 4.78 is 0. The van der Waals surface area contributed by atoms with Crippen molar-refractivity contribution in [2.45, 2.75) is 38.6 Å². The van der Waals surface area contributed by atoms with E-state index < -0.39 is 12.2 Å². The summed E-state index contributed by atoms with van der Waals surface area (Å²) in [6, 6.07) is 26.5. The Morgan fingerprint density at radius 1 is 0.975 bits per heavy atom. The van der Waals surface area contributed by atoms with Crippen molar-refractivity contribution in [3.63, 3.8) is 0 Å². The molecule has 206 valence electrons. The summed E-state index contributed by atoms with van der Waals surface area (Å²) in [6.07, 6.45) is 1.57. The van der Waals surface area contributed by atoms with Gasteiger partial charge in [-0.25, -0.2) is 4.79 Å². The molecule has 0 saturated carbocycles. The molecular formula is C32H35N5O3. The van der Waals surface area contributed by atoms with Gasteiger partial charge < -0.3 is 15.1 Å². The third-order valence-corrected chi connectivity index (χ3v) is 7.59. The van der Waals surface area contributed by atoms with E-state index in [1.807, 2.05) is 96.8 Å². The normalized spacial score (nSPS) is 18.9. The first-order valence-electron chi connectivity index (χ1n) is 13.6. The highest BCUT2D eigenvalue weighted by atomic mass is 16.2. The maximum atomic E-state index is 13.9. The molecule has 0 aliphatic carbocycles. The lowest BCUT2D eigenvalue weighted by atomic mass is 9.99. The van der Waals surface area contributed by atoms with Crippen LogP contribution in [0.1, 0.15) is 22.3 Å². The second-order valence-electron chi connectivity index (χ2n) is 10.2. The predicted molar refractivity (Wildman–Crippen MR) is 153 cm³/mol. The number of nitrogens with one attached hydrogen (secondary N) is 1. The van der Waals surface area contributed by atoms with E-state index >= 15 is 0 Å². The van der Waals surface area contributed by atoms with Gasteiger partial charge in [0, 0.05) is 19.5 Å². The van der Waals surface area contributed by atoms with E-state index in [-0.39, 0.29) is 30.9 Å². The molecule has 5 rings (SSSR count). The smallest absolute Gasteiger partial charge is 0.332 e. The van der Waals surface area contributed by atoms with Gasteiger partial charge in [0.25, 0.3) is 0 Å². The summed E-state index contributed by atoms with van der Waals surface area (Å²) in [5.74, 6) is -0.248. The Kier molecular flexibility index (Phi) is 8.26. The van der Waals surface area contributed by atoms with E-state index in [0.717, 1.165) is 22.3 Å². The van der Waals surface area contributed by atoms with Crippen molar-refractivity contribution < 1.29 is 14.4 Å². The molecule has 40 heavy (non-hydrogen) atoms. The van der Waals surface area contributed by atoms with Crippen molar-refractivity contribution in [2.75, 3.05) is 19.6 Å². The molecule has 0 aromatic heterocycles. The Balaban J connectivity index is 1.43. The summed E-state index contributed by atoms with van der Waals surface area (Å²) in [5, 5.41) is 6.31. The van der Waals surface area contributed by atoms with Crippen LogP contribution in [0.5, 0.6) is 0 Å². The molecule has 3 aromatic rings. The standard InChI is InChI=1S/C32H35N5O3/c1-3-18-35(32(40)33-20-26-15-8-5-9-16-26)36-23-30(38)37-28(19-25-13-6-4-7-14-25)31(39)34(22-29(36)37)21-27-17-11-10-12-24(27)2/h3-17,28-29H,1,18-23H2,2H3,(H,33,40)/t28-,29+/m0/s1. The number of hydrogen-bond donors (Lipinski definition) is 1. The molecule has 0 spiro atoms. The van der Waals surface area contributed by atoms with Crippen molar-refractivity contribution in [2.24, 2.45) is 0 Å². The van der Waals surface area contributed by atoms with E-state index in [4.69, 9.17) is 0 Å². The summed E-state index contributed by atoms with van der Waals surface area (Å²) in [7, 11) is 0. The highest BCUT2D eigenvalue weighted by molar-refractivity contribution is 5.91. The van der Waals surface area contributed by atoms with Crippen LogP contribution in [-0.2, 0) is 29.1 Å². The predicted octanol–water partition coefficient (Wildman–Crippen LogP) is 3.73. The molecule has 2 atom stereocenters. The summed E-state index contributed by atoms with van der Waals surface area (Å²) in [6.45, 7) is 7.21. The molecule has 0 unspecified atom stereocenters. The minimum Gasteiger partial charge on any atom is -0.333 e. The highest BCUT2D eigenvalue weighted by Gasteiger charge is 2.52. The van der Waals surface area contributed by atoms with Crippen LogP contribution in [0.4, 0.5) is 4.79 Å². The average Bonchev–Trinajstić information content (AvgIpc) is 3.30. The second kappa shape index (κ2) is 12.2. The summed E-state index contributed by atoms with van der Waals surface area (Å²) >= 11 is 0. The SMILES string of the molecule is C=CCN(C(=O)NCc1ccccc1)N1CC(=O)N2[C@@H](Cc3ccccc3)C(=O)N(Cc3ccccc3C)C[C@@H]21. The van der Waals surface area contributed by atoms with Gasteiger partial charge in [0.1, 0.15) is 12.2 Å². The van der Waals surface area contributed by atoms with E-state index in [2.05, 4.69) is 11.9 Å². The van der Waals surface area contributed by atoms with Gasteiger partial charge in [-0.15, -0.1) is 6.58 Å². The molecule has 2 heterocycles. The number of fused-ring (bicyclic) bond motifs is 1. The van der Waals surface area contributed by atoms with Gasteiger partial charge >= 0.3 is 6.03 Å². The zero-order chi connectivity index (χ0) is 28.1. The topological polar surface area (TPSA) is 76.2 Å². The van der Waals surface area contributed by atoms with Gasteiger partial charge in [-0.2, -0.15) is 5.01 Å². The Bertz CT molecular complexity index is 1360. The molecule has 4 amide bonds. The maximum Gasteiger partial charge on any atom is 0.332 e. The third-order valence-electron chi connectivity index (χ3n) is 7.59. The molecule has 3 aromatic carbocycles. The number of hydrazine groups is 1. The fraction of sp³-hybridized carbons (Fsp3) is 0.281. The number of carbonyl (C=O) groups is 3. The van der Waals surface area contributed by atoms with Crippen LogP contribution in [0.15, 0.2) is 97.6 Å². The third kappa shape index (κ3) is 5.77. The molecule has 8 heteroatoms. The highest BCUT2D eigenvalue weighted by Crippen LogP contribution is 2.30. The Labute approximate surface area is 235 Å². The number of rotatable bonds is 9. The van der Waals surface area contributed by atoms with E-state index in [1.54, 1.807) is 21.0 Å². The van der Waals surface area contributed by atoms with Gasteiger partial charge in [0.2, 0.25) is 11.8 Å². The zero-order valence-corrected chi connectivity index (χ0v) is 22.8. The quantitative estimate of drug-likeness (QED) is 0.422. The Morgan fingerprint density at radius 3 is 2.30 bits per heavy atom. The number of aryl methyl sites for hydroxylation is 1. The van der Waals surface area contributed by atoms with Crippen molar-refractivity contribution in [3.8, 4) is 0 Å². The summed E-state index contributed by atoms with van der Waals surface area (Å²) in [4.78, 5) is 44.4. The molecule has 2 fully saturated rings. The van der Waals surface area contributed by atoms with Crippen molar-refractivity contribution in [1.29, 1.82) is 0 Å². The lowest BCUT2D eigenvalue weighted by Crippen LogP contribution is -2.66. The van der Waals surface area contributed by atoms with Crippen LogP contribution in [0.25, 0.3) is 0 Å². The number of amides is 4. The molecule has 2 aliphatic rings. The first kappa shape index (κ1) is 27.1. The Hall–Kier alpha value is -4.43. The summed E-state index contributed by atoms with van der Waals surface area (Å²) in [5.41, 5.74) is 4.11. The van der Waals surface area contributed by atoms with Crippen molar-refractivity contribution in [1.82, 2.24) is 25.1 Å². The van der Waals surface area contributed by atoms with Crippen LogP contribution in [0.3, 0.4) is 0 Å². The zero-order valence-electron chi connectivity index (χ0n) is 22.8. The second-order valence-corrected chi connectivity index (χ2v) is 10.2. The molecule has 1 N–H and O–H groups in total. The van der Waals surface area contributed by atoms with E-state index in [1.165, 1.54) is 0 Å². The van der Waals surface area contributed by atoms with E-state index in [9.17, 15) is 14.4 Å². The molecule has 2 aliphatic heterocycles. The largest absolute Gasteiger partial charge is 0.333 e. The molecule has 2 saturated heterocycles. The van der Waals surface area contributed by atoms with Gasteiger partial charge in [-0.1, -0.05) is 91.0 Å². The first-order chi connectivity index (χ1) is 19.5. The monoisotopic (exact) mass is 537 g/mol. The number of benzene rings is 3. The Morgan fingerprint density at radius 2 is 1.62 bits per heavy atom. The number of hydrogen-bond acceptors (Lipinski definition) is 4. The average molecular weight is 538 g/mol. The van der Waals surface area contributed by atoms with Crippen LogP contribution in [0, 0.1) is 6.92 Å². The van der Waals surface area contributed by atoms with Gasteiger partial charge in [-0.3, -0.25) is 14.6 Å². The fourth-order valence-electron chi connectivity index (χ4n) is 5.51. The van der Waals surface area contributed by atoms with Crippen molar-refractivity contribution in [3.05, 3.63) is 120 Å². The maximum absolute atomic E-state index is 13.9. The minimum atomic E-state index is -0.666. The van der Waals surface area contributed by atoms with E-state index in [0.29, 0.717) is 26.1 Å². The van der Waals surface area contributed by atoms with Crippen LogP contribution in [-0.4, -0.2) is 69.5 Å². The van der Waals surface area contributed by atoms with Crippen LogP contribution >= 0.6 is 0 Å². The van der Waals surface area contributed by atoms with Crippen LogP contribution in [0.2, 0.25) is 0 Å². The molecule has 0 radical (unpaired) electrons. The number of urea groups is 1. The lowest BCUT2D eigenvalue weighted by Gasteiger charge is -2.46. The molecule has 8 nitrogen and oxygen atoms in total. The van der Waals surface area contributed by atoms with Crippen molar-refractivity contribution >= 4 is 17.8 Å². The van der Waals surface area contributed by atoms with Gasteiger partial charge in [0.05, 0.1) is 19.6 Å². The number of carbonyl (C=O) groups excluding carboxylic acids is 3.